The Morgan fingerprint density at radius 1 is 1.41 bits per heavy atom. The maximum absolute atomic E-state index is 11.9. The van der Waals surface area contributed by atoms with E-state index in [-0.39, 0.29) is 16.2 Å². The van der Waals surface area contributed by atoms with Gasteiger partial charge in [0, 0.05) is 10.7 Å². The summed E-state index contributed by atoms with van der Waals surface area (Å²) >= 11 is 0. The molecule has 0 aliphatic carbocycles. The molecule has 0 aromatic carbocycles. The molecule has 0 aliphatic rings. The van der Waals surface area contributed by atoms with Crippen LogP contribution in [-0.4, -0.2) is 24.6 Å². The van der Waals surface area contributed by atoms with Crippen LogP contribution < -0.4 is 4.74 Å². The highest BCUT2D eigenvalue weighted by atomic mass is 35.7. The summed E-state index contributed by atoms with van der Waals surface area (Å²) in [7, 11) is 1.25. The molecule has 5 nitrogen and oxygen atoms in total. The number of rotatable bonds is 3. The number of ether oxygens (including phenoxy) is 1. The van der Waals surface area contributed by atoms with Crippen molar-refractivity contribution in [3.63, 3.8) is 0 Å². The lowest BCUT2D eigenvalue weighted by Crippen LogP contribution is -2.03. The van der Waals surface area contributed by atoms with Gasteiger partial charge in [0.15, 0.2) is 0 Å². The molecule has 9 heteroatoms. The van der Waals surface area contributed by atoms with Gasteiger partial charge < -0.3 is 4.74 Å². The van der Waals surface area contributed by atoms with Crippen molar-refractivity contribution < 1.29 is 21.9 Å². The van der Waals surface area contributed by atoms with Crippen molar-refractivity contribution in [3.05, 3.63) is 24.5 Å². The molecule has 92 valence electrons. The molecular formula is C8H5ClF2N2O3S. The zero-order chi connectivity index (χ0) is 12.6. The molecule has 0 atom stereocenters. The summed E-state index contributed by atoms with van der Waals surface area (Å²) in [6.45, 7) is -2.96. The standard InChI is InChI=1S/C8H5ClF2N2O3S/c9-17(14,15)7-3-12-13-4-5(16-8(10)11)1-2-6(7)13/h1-4,8H. The molecule has 2 rings (SSSR count). The second-order valence-electron chi connectivity index (χ2n) is 3.02. The van der Waals surface area contributed by atoms with E-state index in [1.165, 1.54) is 12.1 Å². The topological polar surface area (TPSA) is 60.7 Å². The van der Waals surface area contributed by atoms with Gasteiger partial charge in [-0.1, -0.05) is 0 Å². The lowest BCUT2D eigenvalue weighted by Gasteiger charge is -2.04. The van der Waals surface area contributed by atoms with Crippen LogP contribution in [0.25, 0.3) is 5.52 Å². The van der Waals surface area contributed by atoms with E-state index < -0.39 is 15.7 Å². The van der Waals surface area contributed by atoms with Crippen LogP contribution in [0, 0.1) is 0 Å². The highest BCUT2D eigenvalue weighted by Crippen LogP contribution is 2.23. The minimum absolute atomic E-state index is 0.130. The monoisotopic (exact) mass is 282 g/mol. The minimum Gasteiger partial charge on any atom is -0.433 e. The molecule has 0 fully saturated rings. The highest BCUT2D eigenvalue weighted by Gasteiger charge is 2.17. The SMILES string of the molecule is O=S(=O)(Cl)c1cnn2cc(OC(F)F)ccc12. The molecule has 0 saturated heterocycles. The van der Waals surface area contributed by atoms with Gasteiger partial charge in [-0.05, 0) is 12.1 Å². The first kappa shape index (κ1) is 12.1. The largest absolute Gasteiger partial charge is 0.433 e. The third kappa shape index (κ3) is 2.47. The summed E-state index contributed by atoms with van der Waals surface area (Å²) in [5, 5.41) is 3.68. The van der Waals surface area contributed by atoms with Crippen LogP contribution >= 0.6 is 10.7 Å². The first-order chi connectivity index (χ1) is 7.88. The van der Waals surface area contributed by atoms with Gasteiger partial charge in [0.2, 0.25) is 0 Å². The van der Waals surface area contributed by atoms with Crippen molar-refractivity contribution in [2.45, 2.75) is 11.5 Å². The van der Waals surface area contributed by atoms with E-state index in [9.17, 15) is 17.2 Å². The molecule has 0 radical (unpaired) electrons. The predicted octanol–water partition coefficient (Wildman–Crippen LogP) is 1.86. The van der Waals surface area contributed by atoms with Crippen molar-refractivity contribution in [2.75, 3.05) is 0 Å². The molecular weight excluding hydrogens is 278 g/mol. The van der Waals surface area contributed by atoms with Crippen LogP contribution in [0.4, 0.5) is 8.78 Å². The normalized spacial score (nSPS) is 12.2. The number of hydrogen-bond donors (Lipinski definition) is 0. The molecule has 0 unspecified atom stereocenters. The van der Waals surface area contributed by atoms with Gasteiger partial charge in [-0.25, -0.2) is 12.9 Å². The predicted molar refractivity (Wildman–Crippen MR) is 54.9 cm³/mol. The van der Waals surface area contributed by atoms with Crippen LogP contribution in [0.5, 0.6) is 5.75 Å². The Balaban J connectivity index is 2.52. The average Bonchev–Trinajstić information content (AvgIpc) is 2.58. The fourth-order valence-electron chi connectivity index (χ4n) is 1.30. The van der Waals surface area contributed by atoms with Gasteiger partial charge in [0.05, 0.1) is 17.9 Å². The van der Waals surface area contributed by atoms with Gasteiger partial charge in [0.1, 0.15) is 10.6 Å². The van der Waals surface area contributed by atoms with E-state index in [0.29, 0.717) is 0 Å². The van der Waals surface area contributed by atoms with Gasteiger partial charge in [-0.15, -0.1) is 0 Å². The zero-order valence-corrected chi connectivity index (χ0v) is 9.62. The number of fused-ring (bicyclic) bond motifs is 1. The highest BCUT2D eigenvalue weighted by molar-refractivity contribution is 8.13. The Hall–Kier alpha value is -1.41. The van der Waals surface area contributed by atoms with Crippen molar-refractivity contribution >= 4 is 25.2 Å². The quantitative estimate of drug-likeness (QED) is 0.806. The van der Waals surface area contributed by atoms with E-state index >= 15 is 0 Å². The summed E-state index contributed by atoms with van der Waals surface area (Å²) in [5.41, 5.74) is 0.182. The van der Waals surface area contributed by atoms with E-state index in [4.69, 9.17) is 10.7 Å². The Morgan fingerprint density at radius 2 is 2.12 bits per heavy atom. The van der Waals surface area contributed by atoms with E-state index in [1.807, 2.05) is 0 Å². The third-order valence-corrected chi connectivity index (χ3v) is 3.28. The molecule has 0 bridgehead atoms. The first-order valence-corrected chi connectivity index (χ1v) is 6.56. The van der Waals surface area contributed by atoms with Crippen LogP contribution in [-0.2, 0) is 9.05 Å². The maximum Gasteiger partial charge on any atom is 0.387 e. The van der Waals surface area contributed by atoms with Crippen molar-refractivity contribution in [1.82, 2.24) is 9.61 Å². The number of aromatic nitrogens is 2. The Labute approximate surface area is 99.0 Å². The van der Waals surface area contributed by atoms with Crippen LogP contribution in [0.2, 0.25) is 0 Å². The second kappa shape index (κ2) is 4.11. The number of nitrogens with zero attached hydrogens (tertiary/aromatic N) is 2. The molecule has 2 aromatic heterocycles. The lowest BCUT2D eigenvalue weighted by atomic mass is 10.4. The number of pyridine rings is 1. The van der Waals surface area contributed by atoms with Gasteiger partial charge >= 0.3 is 6.61 Å². The maximum atomic E-state index is 11.9. The molecule has 0 N–H and O–H groups in total. The minimum atomic E-state index is -3.92. The summed E-state index contributed by atoms with van der Waals surface area (Å²) in [4.78, 5) is -0.192. The fraction of sp³-hybridized carbons (Fsp3) is 0.125. The van der Waals surface area contributed by atoms with Crippen LogP contribution in [0.3, 0.4) is 0 Å². The van der Waals surface area contributed by atoms with Gasteiger partial charge in [0.25, 0.3) is 9.05 Å². The molecule has 0 spiro atoms. The molecule has 17 heavy (non-hydrogen) atoms. The Morgan fingerprint density at radius 3 is 2.71 bits per heavy atom. The lowest BCUT2D eigenvalue weighted by molar-refractivity contribution is -0.0501. The van der Waals surface area contributed by atoms with Gasteiger partial charge in [-0.2, -0.15) is 13.9 Å². The molecule has 0 aliphatic heterocycles. The molecule has 2 heterocycles. The van der Waals surface area contributed by atoms with Crippen molar-refractivity contribution in [1.29, 1.82) is 0 Å². The van der Waals surface area contributed by atoms with Crippen LogP contribution in [0.1, 0.15) is 0 Å². The number of halogens is 3. The van der Waals surface area contributed by atoms with E-state index in [2.05, 4.69) is 9.84 Å². The number of alkyl halides is 2. The van der Waals surface area contributed by atoms with E-state index in [0.717, 1.165) is 16.9 Å². The summed E-state index contributed by atoms with van der Waals surface area (Å²) in [5.74, 6) is -0.130. The average molecular weight is 283 g/mol. The second-order valence-corrected chi connectivity index (χ2v) is 5.55. The smallest absolute Gasteiger partial charge is 0.387 e. The Kier molecular flexibility index (Phi) is 2.92. The summed E-state index contributed by atoms with van der Waals surface area (Å²) in [6, 6.07) is 2.48. The Bertz CT molecular complexity index is 656. The van der Waals surface area contributed by atoms with Gasteiger partial charge in [-0.3, -0.25) is 0 Å². The molecule has 2 aromatic rings. The van der Waals surface area contributed by atoms with Crippen molar-refractivity contribution in [3.8, 4) is 5.75 Å². The first-order valence-electron chi connectivity index (χ1n) is 4.25. The molecule has 0 amide bonds. The van der Waals surface area contributed by atoms with Crippen LogP contribution in [0.15, 0.2) is 29.4 Å². The summed E-state index contributed by atoms with van der Waals surface area (Å²) in [6.07, 6.45) is 2.16. The van der Waals surface area contributed by atoms with E-state index in [1.54, 1.807) is 0 Å². The number of hydrogen-bond acceptors (Lipinski definition) is 4. The van der Waals surface area contributed by atoms with Crippen molar-refractivity contribution in [2.24, 2.45) is 0 Å². The fourth-order valence-corrected chi connectivity index (χ4v) is 2.24. The summed E-state index contributed by atoms with van der Waals surface area (Å²) < 4.78 is 51.4. The third-order valence-electron chi connectivity index (χ3n) is 1.94. The molecule has 0 saturated carbocycles. The zero-order valence-electron chi connectivity index (χ0n) is 8.05.